The molecule has 92 valence electrons. The molecule has 0 fully saturated rings. The number of hydrogen-bond donors (Lipinski definition) is 1. The monoisotopic (exact) mass is 297 g/mol. The molecule has 0 aliphatic carbocycles. The summed E-state index contributed by atoms with van der Waals surface area (Å²) in [6, 6.07) is 4.20. The molecule has 2 rings (SSSR count). The SMILES string of the molecule is CNC(CN(C)C)c1ccc2ncc(Br)n2n1. The molecule has 0 saturated carbocycles. The van der Waals surface area contributed by atoms with Crippen molar-refractivity contribution >= 4 is 21.6 Å². The number of nitrogens with one attached hydrogen (secondary N) is 1. The highest BCUT2D eigenvalue weighted by molar-refractivity contribution is 9.10. The minimum Gasteiger partial charge on any atom is -0.311 e. The van der Waals surface area contributed by atoms with Crippen LogP contribution in [0.4, 0.5) is 0 Å². The van der Waals surface area contributed by atoms with Gasteiger partial charge in [-0.15, -0.1) is 0 Å². The first-order valence-electron chi connectivity index (χ1n) is 5.44. The predicted octanol–water partition coefficient (Wildman–Crippen LogP) is 1.31. The maximum absolute atomic E-state index is 4.58. The van der Waals surface area contributed by atoms with Crippen LogP contribution in [0, 0.1) is 0 Å². The summed E-state index contributed by atoms with van der Waals surface area (Å²) in [5.74, 6) is 0. The van der Waals surface area contributed by atoms with E-state index >= 15 is 0 Å². The van der Waals surface area contributed by atoms with E-state index in [-0.39, 0.29) is 6.04 Å². The van der Waals surface area contributed by atoms with Crippen LogP contribution < -0.4 is 5.32 Å². The summed E-state index contributed by atoms with van der Waals surface area (Å²) in [6.45, 7) is 0.904. The van der Waals surface area contributed by atoms with Crippen LogP contribution in [0.25, 0.3) is 5.65 Å². The fourth-order valence-electron chi connectivity index (χ4n) is 1.74. The summed E-state index contributed by atoms with van der Waals surface area (Å²) in [4.78, 5) is 6.36. The maximum atomic E-state index is 4.58. The van der Waals surface area contributed by atoms with Crippen molar-refractivity contribution in [2.75, 3.05) is 27.7 Å². The zero-order valence-electron chi connectivity index (χ0n) is 10.2. The molecule has 1 atom stereocenters. The summed E-state index contributed by atoms with van der Waals surface area (Å²) in [5, 5.41) is 7.85. The largest absolute Gasteiger partial charge is 0.311 e. The number of imidazole rings is 1. The minimum absolute atomic E-state index is 0.212. The predicted molar refractivity (Wildman–Crippen MR) is 71.0 cm³/mol. The van der Waals surface area contributed by atoms with Crippen LogP contribution in [0.5, 0.6) is 0 Å². The summed E-state index contributed by atoms with van der Waals surface area (Å²) in [7, 11) is 6.05. The van der Waals surface area contributed by atoms with E-state index in [1.807, 2.05) is 19.2 Å². The first-order valence-corrected chi connectivity index (χ1v) is 6.23. The van der Waals surface area contributed by atoms with Crippen molar-refractivity contribution in [2.24, 2.45) is 0 Å². The molecule has 0 aliphatic heterocycles. The van der Waals surface area contributed by atoms with Crippen molar-refractivity contribution < 1.29 is 0 Å². The van der Waals surface area contributed by atoms with Gasteiger partial charge in [0.2, 0.25) is 0 Å². The fourth-order valence-corrected chi connectivity index (χ4v) is 2.11. The minimum atomic E-state index is 0.212. The van der Waals surface area contributed by atoms with E-state index in [2.05, 4.69) is 50.3 Å². The Hall–Kier alpha value is -0.980. The highest BCUT2D eigenvalue weighted by Crippen LogP contribution is 2.15. The average molecular weight is 298 g/mol. The Morgan fingerprint density at radius 3 is 2.88 bits per heavy atom. The van der Waals surface area contributed by atoms with Gasteiger partial charge in [0, 0.05) is 6.54 Å². The second-order valence-electron chi connectivity index (χ2n) is 4.21. The molecule has 0 radical (unpaired) electrons. The van der Waals surface area contributed by atoms with Crippen molar-refractivity contribution in [3.63, 3.8) is 0 Å². The van der Waals surface area contributed by atoms with Crippen LogP contribution in [0.15, 0.2) is 22.9 Å². The van der Waals surface area contributed by atoms with Crippen LogP contribution >= 0.6 is 15.9 Å². The Balaban J connectivity index is 2.36. The van der Waals surface area contributed by atoms with Gasteiger partial charge in [-0.05, 0) is 49.2 Å². The number of hydrogen-bond acceptors (Lipinski definition) is 4. The molecule has 2 heterocycles. The molecule has 5 nitrogen and oxygen atoms in total. The number of aromatic nitrogens is 3. The second-order valence-corrected chi connectivity index (χ2v) is 5.03. The molecule has 17 heavy (non-hydrogen) atoms. The maximum Gasteiger partial charge on any atom is 0.154 e. The van der Waals surface area contributed by atoms with Gasteiger partial charge in [-0.3, -0.25) is 0 Å². The van der Waals surface area contributed by atoms with Gasteiger partial charge in [0.05, 0.1) is 17.9 Å². The first kappa shape index (κ1) is 12.5. The Labute approximate surface area is 109 Å². The second kappa shape index (κ2) is 5.12. The van der Waals surface area contributed by atoms with Crippen molar-refractivity contribution in [1.29, 1.82) is 0 Å². The van der Waals surface area contributed by atoms with Crippen molar-refractivity contribution in [3.05, 3.63) is 28.6 Å². The van der Waals surface area contributed by atoms with E-state index in [0.29, 0.717) is 0 Å². The number of fused-ring (bicyclic) bond motifs is 1. The van der Waals surface area contributed by atoms with E-state index < -0.39 is 0 Å². The third-order valence-corrected chi connectivity index (χ3v) is 3.14. The van der Waals surface area contributed by atoms with Crippen LogP contribution in [0.2, 0.25) is 0 Å². The standard InChI is InChI=1S/C11H16BrN5/c1-13-9(7-16(2)3)8-4-5-11-14-6-10(12)17(11)15-8/h4-6,9,13H,7H2,1-3H3. The van der Waals surface area contributed by atoms with Gasteiger partial charge >= 0.3 is 0 Å². The highest BCUT2D eigenvalue weighted by Gasteiger charge is 2.13. The van der Waals surface area contributed by atoms with Crippen LogP contribution in [-0.2, 0) is 0 Å². The van der Waals surface area contributed by atoms with Gasteiger partial charge in [0.25, 0.3) is 0 Å². The summed E-state index contributed by atoms with van der Waals surface area (Å²) >= 11 is 3.43. The van der Waals surface area contributed by atoms with Crippen LogP contribution in [0.1, 0.15) is 11.7 Å². The van der Waals surface area contributed by atoms with Gasteiger partial charge in [-0.1, -0.05) is 0 Å². The Morgan fingerprint density at radius 2 is 2.24 bits per heavy atom. The number of likely N-dealkylation sites (N-methyl/N-ethyl adjacent to an activating group) is 2. The van der Waals surface area contributed by atoms with Gasteiger partial charge in [-0.2, -0.15) is 5.10 Å². The third kappa shape index (κ3) is 2.65. The van der Waals surface area contributed by atoms with Crippen molar-refractivity contribution in [3.8, 4) is 0 Å². The zero-order chi connectivity index (χ0) is 12.4. The summed E-state index contributed by atoms with van der Waals surface area (Å²) in [6.07, 6.45) is 1.76. The van der Waals surface area contributed by atoms with Crippen molar-refractivity contribution in [1.82, 2.24) is 24.8 Å². The van der Waals surface area contributed by atoms with Gasteiger partial charge < -0.3 is 10.2 Å². The fraction of sp³-hybridized carbons (Fsp3) is 0.455. The quantitative estimate of drug-likeness (QED) is 0.924. The molecule has 0 aliphatic rings. The number of nitrogens with zero attached hydrogens (tertiary/aromatic N) is 4. The Bertz CT molecular complexity index is 508. The molecule has 1 unspecified atom stereocenters. The van der Waals surface area contributed by atoms with Crippen molar-refractivity contribution in [2.45, 2.75) is 6.04 Å². The lowest BCUT2D eigenvalue weighted by molar-refractivity contribution is 0.347. The van der Waals surface area contributed by atoms with Gasteiger partial charge in [0.15, 0.2) is 5.65 Å². The first-order chi connectivity index (χ1) is 8.11. The summed E-state index contributed by atoms with van der Waals surface area (Å²) < 4.78 is 2.67. The molecule has 0 saturated heterocycles. The van der Waals surface area contributed by atoms with E-state index in [1.165, 1.54) is 0 Å². The molecule has 0 spiro atoms. The third-order valence-electron chi connectivity index (χ3n) is 2.59. The lowest BCUT2D eigenvalue weighted by Crippen LogP contribution is -2.29. The Morgan fingerprint density at radius 1 is 1.47 bits per heavy atom. The van der Waals surface area contributed by atoms with Crippen LogP contribution in [-0.4, -0.2) is 47.2 Å². The van der Waals surface area contributed by atoms with E-state index in [4.69, 9.17) is 0 Å². The van der Waals surface area contributed by atoms with E-state index in [9.17, 15) is 0 Å². The molecule has 0 bridgehead atoms. The zero-order valence-corrected chi connectivity index (χ0v) is 11.8. The molecule has 1 N–H and O–H groups in total. The van der Waals surface area contributed by atoms with E-state index in [1.54, 1.807) is 10.7 Å². The number of halogens is 1. The smallest absolute Gasteiger partial charge is 0.154 e. The molecular formula is C11H16BrN5. The molecule has 2 aromatic heterocycles. The molecule has 2 aromatic rings. The van der Waals surface area contributed by atoms with Gasteiger partial charge in [0.1, 0.15) is 4.60 Å². The van der Waals surface area contributed by atoms with E-state index in [0.717, 1.165) is 22.5 Å². The molecule has 0 amide bonds. The Kier molecular flexibility index (Phi) is 3.76. The number of rotatable bonds is 4. The summed E-state index contributed by atoms with van der Waals surface area (Å²) in [5.41, 5.74) is 1.85. The van der Waals surface area contributed by atoms with Crippen LogP contribution in [0.3, 0.4) is 0 Å². The normalized spacial score (nSPS) is 13.5. The highest BCUT2D eigenvalue weighted by atomic mass is 79.9. The molecule has 0 aromatic carbocycles. The lowest BCUT2D eigenvalue weighted by Gasteiger charge is -2.19. The lowest BCUT2D eigenvalue weighted by atomic mass is 10.2. The van der Waals surface area contributed by atoms with Gasteiger partial charge in [-0.25, -0.2) is 9.50 Å². The topological polar surface area (TPSA) is 45.5 Å². The molecular weight excluding hydrogens is 282 g/mol. The molecule has 6 heteroatoms. The average Bonchev–Trinajstić information content (AvgIpc) is 2.67.